The molecule has 0 atom stereocenters. The maximum absolute atomic E-state index is 12.0. The lowest BCUT2D eigenvalue weighted by atomic mass is 10.1. The highest BCUT2D eigenvalue weighted by atomic mass is 79.9. The Hall–Kier alpha value is -1.93. The summed E-state index contributed by atoms with van der Waals surface area (Å²) in [6.07, 6.45) is 1.48. The number of nitrogens with zero attached hydrogens (tertiary/aromatic N) is 1. The lowest BCUT2D eigenvalue weighted by Gasteiger charge is -2.08. The predicted molar refractivity (Wildman–Crippen MR) is 81.6 cm³/mol. The van der Waals surface area contributed by atoms with Crippen molar-refractivity contribution >= 4 is 37.7 Å². The second-order valence-electron chi connectivity index (χ2n) is 4.23. The third kappa shape index (κ3) is 4.54. The van der Waals surface area contributed by atoms with Crippen molar-refractivity contribution in [1.29, 1.82) is 0 Å². The Bertz CT molecular complexity index is 760. The van der Waals surface area contributed by atoms with Crippen LogP contribution >= 0.6 is 15.9 Å². The van der Waals surface area contributed by atoms with Crippen LogP contribution in [0.15, 0.2) is 47.1 Å². The van der Waals surface area contributed by atoms with E-state index in [1.807, 2.05) is 0 Å². The van der Waals surface area contributed by atoms with Crippen LogP contribution in [0.3, 0.4) is 0 Å². The third-order valence-corrected chi connectivity index (χ3v) is 4.22. The van der Waals surface area contributed by atoms with Gasteiger partial charge in [-0.25, -0.2) is 18.2 Å². The first-order valence-electron chi connectivity index (χ1n) is 5.80. The van der Waals surface area contributed by atoms with Gasteiger partial charge in [-0.1, -0.05) is 12.1 Å². The van der Waals surface area contributed by atoms with E-state index in [4.69, 9.17) is 5.11 Å². The van der Waals surface area contributed by atoms with Crippen molar-refractivity contribution in [1.82, 2.24) is 4.98 Å². The molecule has 0 aliphatic heterocycles. The van der Waals surface area contributed by atoms with Gasteiger partial charge < -0.3 is 5.11 Å². The number of carboxylic acids is 1. The Morgan fingerprint density at radius 3 is 2.67 bits per heavy atom. The predicted octanol–water partition coefficient (Wildman–Crippen LogP) is 2.48. The Balaban J connectivity index is 2.15. The average Bonchev–Trinajstić information content (AvgIpc) is 2.41. The first-order chi connectivity index (χ1) is 9.85. The van der Waals surface area contributed by atoms with E-state index in [9.17, 15) is 13.2 Å². The largest absolute Gasteiger partial charge is 0.478 e. The second-order valence-corrected chi connectivity index (χ2v) is 6.87. The SMILES string of the molecule is O=C(O)c1cccc(CS(=O)(=O)Nc2ccc(Br)cn2)c1. The number of rotatable bonds is 5. The van der Waals surface area contributed by atoms with E-state index in [1.54, 1.807) is 12.1 Å². The summed E-state index contributed by atoms with van der Waals surface area (Å²) in [7, 11) is -3.66. The van der Waals surface area contributed by atoms with Gasteiger partial charge in [0.25, 0.3) is 0 Å². The Kier molecular flexibility index (Phi) is 4.59. The molecule has 110 valence electrons. The summed E-state index contributed by atoms with van der Waals surface area (Å²) in [4.78, 5) is 14.8. The van der Waals surface area contributed by atoms with E-state index in [2.05, 4.69) is 25.6 Å². The summed E-state index contributed by atoms with van der Waals surface area (Å²) in [5.41, 5.74) is 0.434. The molecule has 2 aromatic rings. The summed E-state index contributed by atoms with van der Waals surface area (Å²) in [5.74, 6) is -1.23. The number of sulfonamides is 1. The zero-order valence-corrected chi connectivity index (χ0v) is 13.1. The maximum Gasteiger partial charge on any atom is 0.335 e. The Morgan fingerprint density at radius 2 is 2.05 bits per heavy atom. The number of nitrogens with one attached hydrogen (secondary N) is 1. The lowest BCUT2D eigenvalue weighted by molar-refractivity contribution is 0.0696. The van der Waals surface area contributed by atoms with Crippen molar-refractivity contribution in [3.05, 3.63) is 58.2 Å². The van der Waals surface area contributed by atoms with E-state index < -0.39 is 16.0 Å². The van der Waals surface area contributed by atoms with Crippen molar-refractivity contribution in [2.75, 3.05) is 4.72 Å². The summed E-state index contributed by atoms with van der Waals surface area (Å²) in [5, 5.41) is 8.89. The molecule has 0 bridgehead atoms. The number of aromatic nitrogens is 1. The van der Waals surface area contributed by atoms with Crippen LogP contribution in [-0.4, -0.2) is 24.5 Å². The molecular weight excluding hydrogens is 360 g/mol. The van der Waals surface area contributed by atoms with E-state index in [0.29, 0.717) is 5.56 Å². The number of pyridine rings is 1. The number of anilines is 1. The number of aromatic carboxylic acids is 1. The van der Waals surface area contributed by atoms with Crippen LogP contribution in [0.4, 0.5) is 5.82 Å². The molecule has 2 N–H and O–H groups in total. The van der Waals surface area contributed by atoms with E-state index in [1.165, 1.54) is 30.5 Å². The number of hydrogen-bond acceptors (Lipinski definition) is 4. The van der Waals surface area contributed by atoms with Gasteiger partial charge in [0.2, 0.25) is 10.0 Å². The molecular formula is C13H11BrN2O4S. The van der Waals surface area contributed by atoms with Gasteiger partial charge >= 0.3 is 5.97 Å². The molecule has 8 heteroatoms. The van der Waals surface area contributed by atoms with Crippen LogP contribution in [0.5, 0.6) is 0 Å². The van der Waals surface area contributed by atoms with Crippen molar-refractivity contribution < 1.29 is 18.3 Å². The highest BCUT2D eigenvalue weighted by Crippen LogP contribution is 2.14. The van der Waals surface area contributed by atoms with Crippen molar-refractivity contribution in [3.63, 3.8) is 0 Å². The molecule has 1 heterocycles. The van der Waals surface area contributed by atoms with Crippen LogP contribution in [0.25, 0.3) is 0 Å². The third-order valence-electron chi connectivity index (χ3n) is 2.52. The number of benzene rings is 1. The molecule has 2 rings (SSSR count). The molecule has 0 amide bonds. The molecule has 0 spiro atoms. The van der Waals surface area contributed by atoms with Crippen molar-refractivity contribution in [3.8, 4) is 0 Å². The molecule has 1 aromatic carbocycles. The zero-order valence-electron chi connectivity index (χ0n) is 10.7. The van der Waals surface area contributed by atoms with E-state index in [0.717, 1.165) is 4.47 Å². The van der Waals surface area contributed by atoms with Gasteiger partial charge in [0.05, 0.1) is 11.3 Å². The van der Waals surface area contributed by atoms with Crippen molar-refractivity contribution in [2.45, 2.75) is 5.75 Å². The van der Waals surface area contributed by atoms with Gasteiger partial charge in [-0.15, -0.1) is 0 Å². The van der Waals surface area contributed by atoms with E-state index >= 15 is 0 Å². The van der Waals surface area contributed by atoms with Gasteiger partial charge in [-0.05, 0) is 45.8 Å². The molecule has 6 nitrogen and oxygen atoms in total. The number of carboxylic acid groups (broad SMARTS) is 1. The fraction of sp³-hybridized carbons (Fsp3) is 0.0769. The van der Waals surface area contributed by atoms with E-state index in [-0.39, 0.29) is 17.1 Å². The summed E-state index contributed by atoms with van der Waals surface area (Å²) in [6, 6.07) is 8.98. The van der Waals surface area contributed by atoms with Gasteiger partial charge in [0, 0.05) is 10.7 Å². The van der Waals surface area contributed by atoms with Gasteiger partial charge in [0.1, 0.15) is 5.82 Å². The molecule has 1 aromatic heterocycles. The molecule has 21 heavy (non-hydrogen) atoms. The fourth-order valence-electron chi connectivity index (χ4n) is 1.65. The molecule has 0 radical (unpaired) electrons. The highest BCUT2D eigenvalue weighted by molar-refractivity contribution is 9.10. The zero-order chi connectivity index (χ0) is 15.5. The molecule has 0 aliphatic carbocycles. The van der Waals surface area contributed by atoms with Crippen LogP contribution in [0.1, 0.15) is 15.9 Å². The molecule has 0 unspecified atom stereocenters. The standard InChI is InChI=1S/C13H11BrN2O4S/c14-11-4-5-12(15-7-11)16-21(19,20)8-9-2-1-3-10(6-9)13(17)18/h1-7H,8H2,(H,15,16)(H,17,18). The first-order valence-corrected chi connectivity index (χ1v) is 8.24. The summed E-state index contributed by atoms with van der Waals surface area (Å²) in [6.45, 7) is 0. The topological polar surface area (TPSA) is 96.4 Å². The van der Waals surface area contributed by atoms with Crippen LogP contribution in [0, 0.1) is 0 Å². The van der Waals surface area contributed by atoms with Crippen LogP contribution in [0.2, 0.25) is 0 Å². The minimum absolute atomic E-state index is 0.0458. The number of carbonyl (C=O) groups is 1. The molecule has 0 aliphatic rings. The minimum atomic E-state index is -3.66. The van der Waals surface area contributed by atoms with Gasteiger partial charge in [-0.3, -0.25) is 4.72 Å². The van der Waals surface area contributed by atoms with Crippen molar-refractivity contribution in [2.24, 2.45) is 0 Å². The normalized spacial score (nSPS) is 11.1. The monoisotopic (exact) mass is 370 g/mol. The van der Waals surface area contributed by atoms with Gasteiger partial charge in [-0.2, -0.15) is 0 Å². The minimum Gasteiger partial charge on any atom is -0.478 e. The fourth-order valence-corrected chi connectivity index (χ4v) is 3.01. The molecule has 0 saturated carbocycles. The average molecular weight is 371 g/mol. The van der Waals surface area contributed by atoms with Crippen LogP contribution < -0.4 is 4.72 Å². The first kappa shape index (κ1) is 15.5. The second kappa shape index (κ2) is 6.23. The highest BCUT2D eigenvalue weighted by Gasteiger charge is 2.14. The van der Waals surface area contributed by atoms with Gasteiger partial charge in [0.15, 0.2) is 0 Å². The quantitative estimate of drug-likeness (QED) is 0.842. The van der Waals surface area contributed by atoms with Crippen LogP contribution in [-0.2, 0) is 15.8 Å². The molecule has 0 saturated heterocycles. The summed E-state index contributed by atoms with van der Waals surface area (Å²) < 4.78 is 27.1. The summed E-state index contributed by atoms with van der Waals surface area (Å²) >= 11 is 3.21. The number of halogens is 1. The molecule has 0 fully saturated rings. The lowest BCUT2D eigenvalue weighted by Crippen LogP contribution is -2.16. The number of hydrogen-bond donors (Lipinski definition) is 2. The maximum atomic E-state index is 12.0. The Morgan fingerprint density at radius 1 is 1.29 bits per heavy atom. The smallest absolute Gasteiger partial charge is 0.335 e. The Labute approximate surface area is 130 Å².